The van der Waals surface area contributed by atoms with E-state index >= 15 is 0 Å². The Balaban J connectivity index is 1.52. The van der Waals surface area contributed by atoms with Crippen molar-refractivity contribution in [3.8, 4) is 0 Å². The number of piperidine rings is 1. The molecule has 1 aromatic heterocycles. The highest BCUT2D eigenvalue weighted by molar-refractivity contribution is 5.90. The highest BCUT2D eigenvalue weighted by Crippen LogP contribution is 2.32. The van der Waals surface area contributed by atoms with Crippen LogP contribution in [0, 0.1) is 0 Å². The minimum atomic E-state index is -0.130. The molecule has 0 radical (unpaired) electrons. The van der Waals surface area contributed by atoms with Gasteiger partial charge in [0.15, 0.2) is 0 Å². The Morgan fingerprint density at radius 3 is 2.62 bits per heavy atom. The van der Waals surface area contributed by atoms with Crippen LogP contribution in [0.2, 0.25) is 0 Å². The second-order valence-corrected chi connectivity index (χ2v) is 8.21. The number of carbonyl (C=O) groups is 1. The van der Waals surface area contributed by atoms with Gasteiger partial charge in [-0.2, -0.15) is 5.06 Å². The molecule has 2 amide bonds. The lowest BCUT2D eigenvalue weighted by atomic mass is 9.90. The van der Waals surface area contributed by atoms with Crippen molar-refractivity contribution in [2.24, 2.45) is 0 Å². The fraction of sp³-hybridized carbons (Fsp3) is 0.308. The van der Waals surface area contributed by atoms with Gasteiger partial charge in [-0.15, -0.1) is 5.73 Å². The average molecular weight is 429 g/mol. The van der Waals surface area contributed by atoms with Crippen molar-refractivity contribution in [2.45, 2.75) is 38.7 Å². The normalized spacial score (nSPS) is 14.4. The number of anilines is 1. The van der Waals surface area contributed by atoms with Crippen LogP contribution in [0.5, 0.6) is 0 Å². The highest BCUT2D eigenvalue weighted by Gasteiger charge is 2.30. The minimum Gasteiger partial charge on any atom is -0.323 e. The summed E-state index contributed by atoms with van der Waals surface area (Å²) in [6, 6.07) is 15.5. The van der Waals surface area contributed by atoms with E-state index in [1.54, 1.807) is 6.33 Å². The third kappa shape index (κ3) is 4.72. The average Bonchev–Trinajstić information content (AvgIpc) is 2.82. The predicted octanol–water partition coefficient (Wildman–Crippen LogP) is 5.57. The van der Waals surface area contributed by atoms with E-state index in [2.05, 4.69) is 28.3 Å². The molecule has 0 atom stereocenters. The van der Waals surface area contributed by atoms with Crippen LogP contribution in [0.1, 0.15) is 43.9 Å². The molecule has 2 heterocycles. The number of fused-ring (bicyclic) bond motifs is 1. The summed E-state index contributed by atoms with van der Waals surface area (Å²) in [6.45, 7) is 8.80. The van der Waals surface area contributed by atoms with Gasteiger partial charge in [0.05, 0.1) is 23.0 Å². The first kappa shape index (κ1) is 21.8. The van der Waals surface area contributed by atoms with Crippen LogP contribution < -0.4 is 5.06 Å². The molecule has 6 heteroatoms. The fourth-order valence-corrected chi connectivity index (χ4v) is 4.09. The summed E-state index contributed by atoms with van der Waals surface area (Å²) in [5.74, 6) is 0.267. The maximum atomic E-state index is 13.3. The first-order valence-electron chi connectivity index (χ1n) is 11.0. The Bertz CT molecular complexity index is 1130. The van der Waals surface area contributed by atoms with Gasteiger partial charge in [-0.1, -0.05) is 30.8 Å². The number of hydrogen-bond acceptors (Lipinski definition) is 4. The van der Waals surface area contributed by atoms with E-state index in [0.29, 0.717) is 13.1 Å². The molecule has 6 nitrogen and oxygen atoms in total. The second-order valence-electron chi connectivity index (χ2n) is 8.21. The maximum Gasteiger partial charge on any atom is 0.348 e. The van der Waals surface area contributed by atoms with Crippen LogP contribution >= 0.6 is 0 Å². The first-order chi connectivity index (χ1) is 15.6. The van der Waals surface area contributed by atoms with Gasteiger partial charge in [0.1, 0.15) is 6.33 Å². The molecule has 1 aliphatic heterocycles. The molecule has 0 bridgehead atoms. The third-order valence-electron chi connectivity index (χ3n) is 5.59. The highest BCUT2D eigenvalue weighted by atomic mass is 16.7. The number of benzene rings is 2. The zero-order valence-corrected chi connectivity index (χ0v) is 18.6. The number of aromatic nitrogens is 2. The number of amides is 2. The summed E-state index contributed by atoms with van der Waals surface area (Å²) in [5, 5.41) is 2.47. The summed E-state index contributed by atoms with van der Waals surface area (Å²) in [6.07, 6.45) is 5.05. The quantitative estimate of drug-likeness (QED) is 0.394. The van der Waals surface area contributed by atoms with Gasteiger partial charge in [0.2, 0.25) is 0 Å². The molecule has 3 aromatic rings. The van der Waals surface area contributed by atoms with Crippen molar-refractivity contribution in [2.75, 3.05) is 18.2 Å². The van der Waals surface area contributed by atoms with Crippen molar-refractivity contribution >= 4 is 28.7 Å². The SMILES string of the molecule is C=C=Cc1ccc2ncnc(C3CCN(C(=O)N(OC(C)C)c4ccccc4)CC3)c2c1. The second kappa shape index (κ2) is 9.77. The van der Waals surface area contributed by atoms with E-state index in [4.69, 9.17) is 4.84 Å². The van der Waals surface area contributed by atoms with E-state index in [-0.39, 0.29) is 18.1 Å². The zero-order chi connectivity index (χ0) is 22.5. The lowest BCUT2D eigenvalue weighted by molar-refractivity contribution is 0.0558. The van der Waals surface area contributed by atoms with Gasteiger partial charge in [0, 0.05) is 24.4 Å². The number of likely N-dealkylation sites (tertiary alicyclic amines) is 1. The Hall–Kier alpha value is -3.47. The number of hydroxylamine groups is 1. The van der Waals surface area contributed by atoms with Gasteiger partial charge in [0.25, 0.3) is 0 Å². The van der Waals surface area contributed by atoms with Crippen LogP contribution in [-0.2, 0) is 4.84 Å². The Morgan fingerprint density at radius 1 is 1.19 bits per heavy atom. The molecule has 0 unspecified atom stereocenters. The van der Waals surface area contributed by atoms with Gasteiger partial charge in [-0.3, -0.25) is 4.84 Å². The molecule has 0 N–H and O–H groups in total. The van der Waals surface area contributed by atoms with Crippen molar-refractivity contribution in [3.63, 3.8) is 0 Å². The number of rotatable bonds is 5. The van der Waals surface area contributed by atoms with Gasteiger partial charge < -0.3 is 4.90 Å². The molecule has 4 rings (SSSR count). The molecule has 2 aromatic carbocycles. The summed E-state index contributed by atoms with van der Waals surface area (Å²) in [5.41, 5.74) is 6.56. The molecule has 1 aliphatic rings. The molecule has 0 aliphatic carbocycles. The van der Waals surface area contributed by atoms with E-state index in [1.165, 1.54) is 5.06 Å². The molecule has 1 fully saturated rings. The predicted molar refractivity (Wildman–Crippen MR) is 127 cm³/mol. The molecule has 32 heavy (non-hydrogen) atoms. The van der Waals surface area contributed by atoms with E-state index in [9.17, 15) is 4.79 Å². The smallest absolute Gasteiger partial charge is 0.323 e. The van der Waals surface area contributed by atoms with Gasteiger partial charge in [-0.05, 0) is 62.6 Å². The zero-order valence-electron chi connectivity index (χ0n) is 18.6. The van der Waals surface area contributed by atoms with Crippen LogP contribution in [0.3, 0.4) is 0 Å². The Labute approximate surface area is 188 Å². The lowest BCUT2D eigenvalue weighted by Crippen LogP contribution is -2.47. The topological polar surface area (TPSA) is 58.6 Å². The van der Waals surface area contributed by atoms with Gasteiger partial charge >= 0.3 is 6.03 Å². The summed E-state index contributed by atoms with van der Waals surface area (Å²) in [4.78, 5) is 30.1. The van der Waals surface area contributed by atoms with Crippen molar-refractivity contribution < 1.29 is 9.63 Å². The number of hydrogen-bond donors (Lipinski definition) is 0. The molecule has 0 saturated carbocycles. The fourth-order valence-electron chi connectivity index (χ4n) is 4.09. The van der Waals surface area contributed by atoms with Crippen molar-refractivity contribution in [3.05, 3.63) is 78.4 Å². The summed E-state index contributed by atoms with van der Waals surface area (Å²) < 4.78 is 0. The maximum absolute atomic E-state index is 13.3. The molecule has 1 saturated heterocycles. The third-order valence-corrected chi connectivity index (χ3v) is 5.59. The summed E-state index contributed by atoms with van der Waals surface area (Å²) >= 11 is 0. The van der Waals surface area contributed by atoms with Crippen LogP contribution in [-0.4, -0.2) is 40.1 Å². The molecular weight excluding hydrogens is 400 g/mol. The molecular formula is C26H28N4O2. The van der Waals surface area contributed by atoms with Crippen LogP contribution in [0.15, 0.2) is 67.2 Å². The number of nitrogens with zero attached hydrogens (tertiary/aromatic N) is 4. The van der Waals surface area contributed by atoms with Crippen molar-refractivity contribution in [1.82, 2.24) is 14.9 Å². The van der Waals surface area contributed by atoms with E-state index in [0.717, 1.165) is 40.7 Å². The monoisotopic (exact) mass is 428 g/mol. The largest absolute Gasteiger partial charge is 0.348 e. The number of carbonyl (C=O) groups excluding carboxylic acids is 1. The molecule has 164 valence electrons. The Kier molecular flexibility index (Phi) is 6.64. The van der Waals surface area contributed by atoms with Gasteiger partial charge in [-0.25, -0.2) is 14.8 Å². The number of para-hydroxylation sites is 1. The number of urea groups is 1. The standard InChI is InChI=1S/C26H28N4O2/c1-4-8-20-11-12-24-23(17-20)25(28-18-27-24)21-13-15-29(16-14-21)26(31)30(32-19(2)3)22-9-6-5-7-10-22/h5-12,17-19,21H,1,13-16H2,2-3H3. The molecule has 0 spiro atoms. The van der Waals surface area contributed by atoms with Crippen molar-refractivity contribution in [1.29, 1.82) is 0 Å². The van der Waals surface area contributed by atoms with Crippen LogP contribution in [0.4, 0.5) is 10.5 Å². The van der Waals surface area contributed by atoms with E-state index < -0.39 is 0 Å². The van der Waals surface area contributed by atoms with Crippen LogP contribution in [0.25, 0.3) is 17.0 Å². The van der Waals surface area contributed by atoms with E-state index in [1.807, 2.05) is 67.3 Å². The Morgan fingerprint density at radius 2 is 1.94 bits per heavy atom. The first-order valence-corrected chi connectivity index (χ1v) is 11.0. The summed E-state index contributed by atoms with van der Waals surface area (Å²) in [7, 11) is 0. The minimum absolute atomic E-state index is 0.108. The lowest BCUT2D eigenvalue weighted by Gasteiger charge is -2.35.